The van der Waals surface area contributed by atoms with E-state index < -0.39 is 0 Å². The minimum absolute atomic E-state index is 0.101. The molecule has 2 aromatic rings. The molecule has 0 spiro atoms. The van der Waals surface area contributed by atoms with Gasteiger partial charge >= 0.3 is 0 Å². The molecule has 0 aromatic heterocycles. The van der Waals surface area contributed by atoms with Gasteiger partial charge in [0, 0.05) is 23.1 Å². The molecule has 1 aliphatic heterocycles. The minimum atomic E-state index is -0.101. The van der Waals surface area contributed by atoms with Crippen LogP contribution in [0.15, 0.2) is 53.0 Å². The highest BCUT2D eigenvalue weighted by Gasteiger charge is 2.14. The first-order valence-electron chi connectivity index (χ1n) is 7.82. The van der Waals surface area contributed by atoms with E-state index in [4.69, 9.17) is 9.47 Å². The summed E-state index contributed by atoms with van der Waals surface area (Å²) in [7, 11) is 0. The van der Waals surface area contributed by atoms with Gasteiger partial charge in [0.25, 0.3) is 5.91 Å². The Morgan fingerprint density at radius 1 is 1.17 bits per heavy atom. The van der Waals surface area contributed by atoms with Crippen molar-refractivity contribution < 1.29 is 14.3 Å². The van der Waals surface area contributed by atoms with Crippen LogP contribution in [0.4, 0.5) is 0 Å². The van der Waals surface area contributed by atoms with Crippen LogP contribution >= 0.6 is 15.9 Å². The molecule has 1 fully saturated rings. The monoisotopic (exact) mass is 390 g/mol. The van der Waals surface area contributed by atoms with E-state index in [-0.39, 0.29) is 5.91 Å². The highest BCUT2D eigenvalue weighted by atomic mass is 79.9. The van der Waals surface area contributed by atoms with E-state index in [9.17, 15) is 4.79 Å². The summed E-state index contributed by atoms with van der Waals surface area (Å²) in [6.45, 7) is 3.18. The van der Waals surface area contributed by atoms with Gasteiger partial charge in [-0.25, -0.2) is 5.01 Å². The molecule has 0 radical (unpaired) electrons. The van der Waals surface area contributed by atoms with Crippen LogP contribution in [0, 0.1) is 0 Å². The molecule has 126 valence electrons. The molecule has 1 N–H and O–H groups in total. The quantitative estimate of drug-likeness (QED) is 0.852. The van der Waals surface area contributed by atoms with Gasteiger partial charge in [0.05, 0.1) is 13.2 Å². The third-order valence-electron chi connectivity index (χ3n) is 3.69. The Balaban J connectivity index is 1.53. The number of halogens is 1. The van der Waals surface area contributed by atoms with Gasteiger partial charge in [0.1, 0.15) is 12.4 Å². The topological polar surface area (TPSA) is 50.8 Å². The van der Waals surface area contributed by atoms with Crippen molar-refractivity contribution in [2.24, 2.45) is 0 Å². The van der Waals surface area contributed by atoms with Gasteiger partial charge in [-0.3, -0.25) is 10.2 Å². The van der Waals surface area contributed by atoms with E-state index in [0.29, 0.717) is 38.5 Å². The fourth-order valence-electron chi connectivity index (χ4n) is 2.36. The van der Waals surface area contributed by atoms with Gasteiger partial charge < -0.3 is 9.47 Å². The average Bonchev–Trinajstić information content (AvgIpc) is 2.61. The smallest absolute Gasteiger partial charge is 0.265 e. The van der Waals surface area contributed by atoms with Crippen molar-refractivity contribution >= 4 is 21.8 Å². The number of ether oxygens (including phenoxy) is 2. The third-order valence-corrected chi connectivity index (χ3v) is 4.18. The van der Waals surface area contributed by atoms with Crippen LogP contribution in [0.1, 0.15) is 15.9 Å². The van der Waals surface area contributed by atoms with E-state index in [1.54, 1.807) is 0 Å². The lowest BCUT2D eigenvalue weighted by Gasteiger charge is -2.26. The van der Waals surface area contributed by atoms with Crippen molar-refractivity contribution in [2.75, 3.05) is 26.3 Å². The van der Waals surface area contributed by atoms with Gasteiger partial charge in [-0.15, -0.1) is 0 Å². The van der Waals surface area contributed by atoms with Crippen LogP contribution in [0.25, 0.3) is 0 Å². The molecule has 1 amide bonds. The van der Waals surface area contributed by atoms with Gasteiger partial charge in [-0.05, 0) is 35.9 Å². The van der Waals surface area contributed by atoms with Crippen molar-refractivity contribution in [3.05, 3.63) is 64.1 Å². The van der Waals surface area contributed by atoms with E-state index in [1.165, 1.54) is 0 Å². The fourth-order valence-corrected chi connectivity index (χ4v) is 2.74. The zero-order chi connectivity index (χ0) is 16.8. The van der Waals surface area contributed by atoms with Gasteiger partial charge in [0.15, 0.2) is 0 Å². The number of carbonyl (C=O) groups is 1. The van der Waals surface area contributed by atoms with E-state index >= 15 is 0 Å². The maximum atomic E-state index is 12.2. The van der Waals surface area contributed by atoms with E-state index in [2.05, 4.69) is 21.4 Å². The summed E-state index contributed by atoms with van der Waals surface area (Å²) in [4.78, 5) is 12.2. The number of nitrogens with one attached hydrogen (secondary N) is 1. The summed E-state index contributed by atoms with van der Waals surface area (Å²) in [6, 6.07) is 15.2. The number of hydrogen-bond acceptors (Lipinski definition) is 4. The van der Waals surface area contributed by atoms with Crippen molar-refractivity contribution in [1.29, 1.82) is 0 Å². The Morgan fingerprint density at radius 2 is 1.92 bits per heavy atom. The highest BCUT2D eigenvalue weighted by molar-refractivity contribution is 9.10. The predicted octanol–water partition coefficient (Wildman–Crippen LogP) is 3.01. The van der Waals surface area contributed by atoms with E-state index in [1.807, 2.05) is 53.5 Å². The molecule has 5 nitrogen and oxygen atoms in total. The lowest BCUT2D eigenvalue weighted by molar-refractivity contribution is 0.0126. The number of nitrogens with zero attached hydrogens (tertiary/aromatic N) is 1. The summed E-state index contributed by atoms with van der Waals surface area (Å²) < 4.78 is 12.0. The molecule has 0 saturated carbocycles. The summed E-state index contributed by atoms with van der Waals surface area (Å²) in [5.74, 6) is 0.704. The highest BCUT2D eigenvalue weighted by Crippen LogP contribution is 2.19. The molecule has 0 unspecified atom stereocenters. The van der Waals surface area contributed by atoms with Gasteiger partial charge in [-0.1, -0.05) is 34.1 Å². The zero-order valence-electron chi connectivity index (χ0n) is 13.2. The molecule has 1 aliphatic rings. The van der Waals surface area contributed by atoms with Gasteiger partial charge in [0.2, 0.25) is 0 Å². The van der Waals surface area contributed by atoms with Crippen LogP contribution in [0.2, 0.25) is 0 Å². The Hall–Kier alpha value is -1.89. The molecule has 1 heterocycles. The number of hydrogen-bond donors (Lipinski definition) is 1. The zero-order valence-corrected chi connectivity index (χ0v) is 14.8. The normalized spacial score (nSPS) is 15.0. The molecule has 24 heavy (non-hydrogen) atoms. The summed E-state index contributed by atoms with van der Waals surface area (Å²) >= 11 is 3.42. The summed E-state index contributed by atoms with van der Waals surface area (Å²) in [6.07, 6.45) is 0. The number of hydrazine groups is 1. The third kappa shape index (κ3) is 4.80. The lowest BCUT2D eigenvalue weighted by atomic mass is 10.1. The second-order valence-electron chi connectivity index (χ2n) is 5.48. The SMILES string of the molecule is O=C(NN1CCOCC1)c1ccc(COc2cccc(Br)c2)cc1. The second kappa shape index (κ2) is 8.28. The first kappa shape index (κ1) is 17.0. The number of amides is 1. The molecule has 0 aliphatic carbocycles. The first-order valence-corrected chi connectivity index (χ1v) is 8.61. The summed E-state index contributed by atoms with van der Waals surface area (Å²) in [5, 5.41) is 1.89. The van der Waals surface area contributed by atoms with Crippen LogP contribution < -0.4 is 10.2 Å². The number of rotatable bonds is 5. The molecular weight excluding hydrogens is 372 g/mol. The molecule has 2 aromatic carbocycles. The number of carbonyl (C=O) groups excluding carboxylic acids is 1. The molecule has 1 saturated heterocycles. The number of morpholine rings is 1. The van der Waals surface area contributed by atoms with Crippen molar-refractivity contribution in [2.45, 2.75) is 6.61 Å². The van der Waals surface area contributed by atoms with Gasteiger partial charge in [-0.2, -0.15) is 0 Å². The Labute approximate surface area is 149 Å². The predicted molar refractivity (Wildman–Crippen MR) is 94.8 cm³/mol. The lowest BCUT2D eigenvalue weighted by Crippen LogP contribution is -2.48. The van der Waals surface area contributed by atoms with Crippen LogP contribution in [-0.4, -0.2) is 37.2 Å². The average molecular weight is 391 g/mol. The van der Waals surface area contributed by atoms with Crippen LogP contribution in [0.3, 0.4) is 0 Å². The molecular formula is C18H19BrN2O3. The maximum Gasteiger partial charge on any atom is 0.265 e. The Bertz CT molecular complexity index is 685. The van der Waals surface area contributed by atoms with E-state index in [0.717, 1.165) is 15.8 Å². The van der Waals surface area contributed by atoms with Crippen molar-refractivity contribution in [1.82, 2.24) is 10.4 Å². The van der Waals surface area contributed by atoms with Crippen molar-refractivity contribution in [3.8, 4) is 5.75 Å². The number of benzene rings is 2. The Morgan fingerprint density at radius 3 is 2.62 bits per heavy atom. The molecule has 6 heteroatoms. The maximum absolute atomic E-state index is 12.2. The van der Waals surface area contributed by atoms with Crippen LogP contribution in [-0.2, 0) is 11.3 Å². The summed E-state index contributed by atoms with van der Waals surface area (Å²) in [5.41, 5.74) is 4.54. The molecule has 0 bridgehead atoms. The minimum Gasteiger partial charge on any atom is -0.489 e. The second-order valence-corrected chi connectivity index (χ2v) is 6.40. The fraction of sp³-hybridized carbons (Fsp3) is 0.278. The Kier molecular flexibility index (Phi) is 5.85. The molecule has 3 rings (SSSR count). The molecule has 0 atom stereocenters. The first-order chi connectivity index (χ1) is 11.7. The largest absolute Gasteiger partial charge is 0.489 e. The van der Waals surface area contributed by atoms with Crippen molar-refractivity contribution in [3.63, 3.8) is 0 Å². The van der Waals surface area contributed by atoms with Crippen LogP contribution in [0.5, 0.6) is 5.75 Å². The standard InChI is InChI=1S/C18H19BrN2O3/c19-16-2-1-3-17(12-16)24-13-14-4-6-15(7-5-14)18(22)20-21-8-10-23-11-9-21/h1-7,12H,8-11,13H2,(H,20,22).